The molecule has 1 aromatic carbocycles. The van der Waals surface area contributed by atoms with Crippen LogP contribution in [-0.4, -0.2) is 40.7 Å². The molecule has 3 rings (SSSR count). The van der Waals surface area contributed by atoms with Gasteiger partial charge in [0.2, 0.25) is 0 Å². The van der Waals surface area contributed by atoms with Gasteiger partial charge in [0.1, 0.15) is 6.04 Å². The van der Waals surface area contributed by atoms with Gasteiger partial charge >= 0.3 is 0 Å². The number of thioether (sulfide) groups is 1. The lowest BCUT2D eigenvalue weighted by Crippen LogP contribution is -2.57. The number of rotatable bonds is 1. The fraction of sp³-hybridized carbons (Fsp3) is 0.333. The Morgan fingerprint density at radius 2 is 2.39 bits per heavy atom. The summed E-state index contributed by atoms with van der Waals surface area (Å²) in [6.45, 7) is 0.844. The summed E-state index contributed by atoms with van der Waals surface area (Å²) in [4.78, 5) is 13.8. The number of amides is 1. The Balaban J connectivity index is 1.98. The van der Waals surface area contributed by atoms with Crippen LogP contribution in [0.4, 0.5) is 5.69 Å². The number of nitrogens with zero attached hydrogens (tertiary/aromatic N) is 2. The molecule has 0 bridgehead atoms. The predicted octanol–water partition coefficient (Wildman–Crippen LogP) is 0.478. The number of fused-ring (bicyclic) bond motifs is 1. The van der Waals surface area contributed by atoms with Gasteiger partial charge in [0.15, 0.2) is 5.84 Å². The Kier molecular flexibility index (Phi) is 2.87. The second-order valence-electron chi connectivity index (χ2n) is 4.32. The molecule has 0 aromatic heterocycles. The summed E-state index contributed by atoms with van der Waals surface area (Å²) in [5.74, 6) is 2.63. The van der Waals surface area contributed by atoms with Crippen LogP contribution in [0.5, 0.6) is 0 Å². The number of hydrazone groups is 1. The Labute approximate surface area is 109 Å². The molecule has 2 aliphatic heterocycles. The minimum absolute atomic E-state index is 0.0187. The maximum Gasteiger partial charge on any atom is 0.263 e. The molecule has 2 aliphatic rings. The van der Waals surface area contributed by atoms with E-state index in [1.54, 1.807) is 11.8 Å². The summed E-state index contributed by atoms with van der Waals surface area (Å²) in [5, 5.41) is 4.18. The van der Waals surface area contributed by atoms with Crippen LogP contribution in [0.2, 0.25) is 0 Å². The normalized spacial score (nSPS) is 23.1. The number of carbonyl (C=O) groups excluding carboxylic acids is 1. The molecular formula is C12H14N4OS. The zero-order valence-corrected chi connectivity index (χ0v) is 10.6. The summed E-state index contributed by atoms with van der Waals surface area (Å²) in [6.07, 6.45) is 0. The summed E-state index contributed by atoms with van der Waals surface area (Å²) in [6, 6.07) is 7.48. The van der Waals surface area contributed by atoms with Gasteiger partial charge in [-0.3, -0.25) is 4.79 Å². The summed E-state index contributed by atoms with van der Waals surface area (Å²) in [5.41, 5.74) is 10.1. The van der Waals surface area contributed by atoms with E-state index in [2.05, 4.69) is 15.4 Å². The van der Waals surface area contributed by atoms with Crippen LogP contribution in [0.15, 0.2) is 29.4 Å². The molecule has 1 saturated heterocycles. The van der Waals surface area contributed by atoms with Crippen molar-refractivity contribution in [2.24, 2.45) is 5.10 Å². The van der Waals surface area contributed by atoms with Crippen LogP contribution in [0.1, 0.15) is 5.56 Å². The van der Waals surface area contributed by atoms with E-state index in [1.807, 2.05) is 24.3 Å². The van der Waals surface area contributed by atoms with Gasteiger partial charge < -0.3 is 10.6 Å². The van der Waals surface area contributed by atoms with Gasteiger partial charge in [-0.2, -0.15) is 16.9 Å². The second kappa shape index (κ2) is 4.53. The van der Waals surface area contributed by atoms with E-state index in [0.717, 1.165) is 29.4 Å². The average molecular weight is 262 g/mol. The zero-order chi connectivity index (χ0) is 12.5. The Morgan fingerprint density at radius 3 is 3.22 bits per heavy atom. The lowest BCUT2D eigenvalue weighted by molar-refractivity contribution is -0.125. The van der Waals surface area contributed by atoms with Crippen molar-refractivity contribution in [3.8, 4) is 0 Å². The van der Waals surface area contributed by atoms with Crippen molar-refractivity contribution in [3.05, 3.63) is 29.8 Å². The number of nitrogen functional groups attached to an aromatic ring is 1. The molecule has 5 nitrogen and oxygen atoms in total. The molecule has 3 N–H and O–H groups in total. The van der Waals surface area contributed by atoms with E-state index in [9.17, 15) is 4.79 Å². The van der Waals surface area contributed by atoms with E-state index in [0.29, 0.717) is 5.69 Å². The average Bonchev–Trinajstić information content (AvgIpc) is 2.39. The standard InChI is InChI=1S/C12H14N4OS/c13-9-3-1-2-8(6-9)11-14-15-12(17)10-7-18-5-4-16(10)11/h1-3,6,10H,4-5,7,13H2,(H,15,17)/t10-/m1/s1. The molecule has 0 aliphatic carbocycles. The maximum atomic E-state index is 11.8. The lowest BCUT2D eigenvalue weighted by atomic mass is 10.1. The van der Waals surface area contributed by atoms with Crippen molar-refractivity contribution in [2.45, 2.75) is 6.04 Å². The number of anilines is 1. The molecule has 1 fully saturated rings. The van der Waals surface area contributed by atoms with Crippen LogP contribution in [0, 0.1) is 0 Å². The third kappa shape index (κ3) is 1.92. The minimum Gasteiger partial charge on any atom is -0.399 e. The highest BCUT2D eigenvalue weighted by Crippen LogP contribution is 2.22. The fourth-order valence-electron chi connectivity index (χ4n) is 2.23. The SMILES string of the molecule is Nc1cccc(C2=NNC(=O)[C@H]3CSCCN23)c1. The Hall–Kier alpha value is -1.69. The summed E-state index contributed by atoms with van der Waals surface area (Å²) in [7, 11) is 0. The second-order valence-corrected chi connectivity index (χ2v) is 5.47. The number of benzene rings is 1. The predicted molar refractivity (Wildman–Crippen MR) is 73.4 cm³/mol. The molecule has 0 radical (unpaired) electrons. The van der Waals surface area contributed by atoms with E-state index in [4.69, 9.17) is 5.73 Å². The van der Waals surface area contributed by atoms with Crippen molar-refractivity contribution in [1.82, 2.24) is 10.3 Å². The first-order valence-electron chi connectivity index (χ1n) is 5.83. The molecule has 1 atom stereocenters. The highest BCUT2D eigenvalue weighted by Gasteiger charge is 2.35. The number of nitrogens with one attached hydrogen (secondary N) is 1. The van der Waals surface area contributed by atoms with Gasteiger partial charge in [0.25, 0.3) is 5.91 Å². The van der Waals surface area contributed by atoms with Gasteiger partial charge in [-0.15, -0.1) is 0 Å². The molecule has 1 aromatic rings. The third-order valence-corrected chi connectivity index (χ3v) is 4.14. The number of hydrogen-bond acceptors (Lipinski definition) is 5. The number of amidine groups is 1. The number of hydrogen-bond donors (Lipinski definition) is 2. The summed E-state index contributed by atoms with van der Waals surface area (Å²) >= 11 is 1.80. The molecule has 0 spiro atoms. The molecule has 6 heteroatoms. The van der Waals surface area contributed by atoms with Gasteiger partial charge in [-0.25, -0.2) is 5.43 Å². The topological polar surface area (TPSA) is 70.7 Å². The van der Waals surface area contributed by atoms with Crippen molar-refractivity contribution >= 4 is 29.2 Å². The van der Waals surface area contributed by atoms with E-state index in [1.165, 1.54) is 0 Å². The van der Waals surface area contributed by atoms with Crippen molar-refractivity contribution in [3.63, 3.8) is 0 Å². The van der Waals surface area contributed by atoms with Crippen LogP contribution in [0.3, 0.4) is 0 Å². The largest absolute Gasteiger partial charge is 0.399 e. The van der Waals surface area contributed by atoms with Gasteiger partial charge in [0.05, 0.1) is 0 Å². The Bertz CT molecular complexity index is 517. The Morgan fingerprint density at radius 1 is 1.50 bits per heavy atom. The van der Waals surface area contributed by atoms with E-state index in [-0.39, 0.29) is 11.9 Å². The molecule has 0 saturated carbocycles. The molecule has 94 valence electrons. The first-order valence-corrected chi connectivity index (χ1v) is 6.99. The molecular weight excluding hydrogens is 248 g/mol. The fourth-order valence-corrected chi connectivity index (χ4v) is 3.28. The molecule has 1 amide bonds. The number of carbonyl (C=O) groups is 1. The quantitative estimate of drug-likeness (QED) is 0.722. The van der Waals surface area contributed by atoms with Crippen LogP contribution in [0.25, 0.3) is 0 Å². The smallest absolute Gasteiger partial charge is 0.263 e. The van der Waals surface area contributed by atoms with Crippen LogP contribution < -0.4 is 11.2 Å². The van der Waals surface area contributed by atoms with Gasteiger partial charge in [0, 0.05) is 29.3 Å². The highest BCUT2D eigenvalue weighted by molar-refractivity contribution is 7.99. The minimum atomic E-state index is -0.113. The van der Waals surface area contributed by atoms with Crippen molar-refractivity contribution < 1.29 is 4.79 Å². The first kappa shape index (κ1) is 11.4. The lowest BCUT2D eigenvalue weighted by Gasteiger charge is -2.38. The zero-order valence-electron chi connectivity index (χ0n) is 9.80. The van der Waals surface area contributed by atoms with Crippen LogP contribution >= 0.6 is 11.8 Å². The van der Waals surface area contributed by atoms with E-state index >= 15 is 0 Å². The monoisotopic (exact) mass is 262 g/mol. The van der Waals surface area contributed by atoms with E-state index < -0.39 is 0 Å². The number of nitrogens with two attached hydrogens (primary N) is 1. The van der Waals surface area contributed by atoms with Gasteiger partial charge in [-0.1, -0.05) is 12.1 Å². The molecule has 2 heterocycles. The maximum absolute atomic E-state index is 11.8. The third-order valence-electron chi connectivity index (χ3n) is 3.12. The first-order chi connectivity index (χ1) is 8.75. The highest BCUT2D eigenvalue weighted by atomic mass is 32.2. The summed E-state index contributed by atoms with van der Waals surface area (Å²) < 4.78 is 0. The van der Waals surface area contributed by atoms with Crippen molar-refractivity contribution in [2.75, 3.05) is 23.8 Å². The molecule has 18 heavy (non-hydrogen) atoms. The van der Waals surface area contributed by atoms with Gasteiger partial charge in [-0.05, 0) is 12.1 Å². The van der Waals surface area contributed by atoms with Crippen molar-refractivity contribution in [1.29, 1.82) is 0 Å². The molecule has 0 unspecified atom stereocenters. The van der Waals surface area contributed by atoms with Crippen LogP contribution in [-0.2, 0) is 4.79 Å².